The van der Waals surface area contributed by atoms with Gasteiger partial charge in [0.2, 0.25) is 0 Å². The van der Waals surface area contributed by atoms with E-state index in [1.54, 1.807) is 0 Å². The van der Waals surface area contributed by atoms with Gasteiger partial charge in [-0.1, -0.05) is 0 Å². The molecule has 1 rings (SSSR count). The third kappa shape index (κ3) is 6.27. The average Bonchev–Trinajstić information content (AvgIpc) is 2.34. The van der Waals surface area contributed by atoms with Crippen LogP contribution < -0.4 is 0 Å². The molecule has 0 aromatic carbocycles. The lowest BCUT2D eigenvalue weighted by Crippen LogP contribution is -2.47. The number of rotatable bonds is 4. The van der Waals surface area contributed by atoms with Crippen LogP contribution in [0.1, 0.15) is 33.6 Å². The zero-order valence-corrected chi connectivity index (χ0v) is 14.5. The number of likely N-dealkylation sites (tertiary alicyclic amines) is 1. The molecule has 1 aliphatic heterocycles. The van der Waals surface area contributed by atoms with E-state index in [4.69, 9.17) is 7.80 Å². The summed E-state index contributed by atoms with van der Waals surface area (Å²) in [5.41, 5.74) is -0.414. The zero-order chi connectivity index (χ0) is 14.5. The molecule has 1 saturated heterocycles. The smallest absolute Gasteiger partial charge is 0.410 e. The first kappa shape index (κ1) is 17.0. The van der Waals surface area contributed by atoms with Crippen LogP contribution in [0.3, 0.4) is 0 Å². The second kappa shape index (κ2) is 7.64. The van der Waals surface area contributed by atoms with Gasteiger partial charge in [0.1, 0.15) is 28.6 Å². The van der Waals surface area contributed by atoms with Crippen molar-refractivity contribution >= 4 is 29.1 Å². The molecular weight excluding hydrogens is 359 g/mol. The minimum atomic E-state index is -0.414. The number of hydrogen-bond acceptors (Lipinski definition) is 4. The summed E-state index contributed by atoms with van der Waals surface area (Å²) in [5, 5.41) is 0. The lowest BCUT2D eigenvalue weighted by atomic mass is 10.0. The van der Waals surface area contributed by atoms with Gasteiger partial charge in [-0.3, -0.25) is 0 Å². The largest absolute Gasteiger partial charge is 0.444 e. The Kier molecular flexibility index (Phi) is 6.82. The molecule has 0 N–H and O–H groups in total. The summed E-state index contributed by atoms with van der Waals surface area (Å²) in [7, 11) is 2.11. The summed E-state index contributed by atoms with van der Waals surface area (Å²) in [6.45, 7) is 8.91. The summed E-state index contributed by atoms with van der Waals surface area (Å²) in [6.07, 6.45) is 1.80. The maximum atomic E-state index is 11.9. The van der Waals surface area contributed by atoms with Crippen molar-refractivity contribution in [2.24, 2.45) is 0 Å². The first-order chi connectivity index (χ1) is 8.83. The van der Waals surface area contributed by atoms with Gasteiger partial charge in [0, 0.05) is 25.7 Å². The Morgan fingerprint density at radius 1 is 1.37 bits per heavy atom. The van der Waals surface area contributed by atoms with Crippen LogP contribution in [0.5, 0.6) is 0 Å². The zero-order valence-electron chi connectivity index (χ0n) is 12.3. The van der Waals surface area contributed by atoms with E-state index in [1.807, 2.05) is 48.7 Å². The number of amides is 1. The van der Waals surface area contributed by atoms with Gasteiger partial charge in [-0.2, -0.15) is 0 Å². The monoisotopic (exact) mass is 384 g/mol. The Hall–Kier alpha value is -0.0800. The third-order valence-electron chi connectivity index (χ3n) is 3.26. The molecular formula is C13H25IN2O3. The highest BCUT2D eigenvalue weighted by molar-refractivity contribution is 14.1. The molecule has 0 spiro atoms. The maximum absolute atomic E-state index is 11.9. The van der Waals surface area contributed by atoms with Crippen molar-refractivity contribution in [2.45, 2.75) is 45.3 Å². The number of piperidine rings is 1. The van der Waals surface area contributed by atoms with Gasteiger partial charge < -0.3 is 17.6 Å². The van der Waals surface area contributed by atoms with E-state index in [-0.39, 0.29) is 6.09 Å². The van der Waals surface area contributed by atoms with Crippen molar-refractivity contribution in [3.63, 3.8) is 0 Å². The lowest BCUT2D eigenvalue weighted by molar-refractivity contribution is 0.0153. The topological polar surface area (TPSA) is 42.0 Å². The molecule has 1 fully saturated rings. The third-order valence-corrected chi connectivity index (χ3v) is 3.70. The molecule has 1 aliphatic rings. The van der Waals surface area contributed by atoms with Crippen molar-refractivity contribution in [3.8, 4) is 0 Å². The Morgan fingerprint density at radius 3 is 2.42 bits per heavy atom. The van der Waals surface area contributed by atoms with Crippen molar-refractivity contribution in [2.75, 3.05) is 33.3 Å². The second-order valence-electron chi connectivity index (χ2n) is 5.99. The molecule has 0 unspecified atom stereocenters. The molecule has 0 aromatic heterocycles. The number of nitrogens with zero attached hydrogens (tertiary/aromatic N) is 2. The number of likely N-dealkylation sites (N-methyl/N-ethyl adjacent to an activating group) is 1. The van der Waals surface area contributed by atoms with Crippen LogP contribution in [0.2, 0.25) is 0 Å². The van der Waals surface area contributed by atoms with Crippen LogP contribution in [0.15, 0.2) is 0 Å². The van der Waals surface area contributed by atoms with Crippen molar-refractivity contribution in [1.29, 1.82) is 0 Å². The Balaban J connectivity index is 2.34. The normalized spacial score (nSPS) is 17.9. The van der Waals surface area contributed by atoms with E-state index in [0.29, 0.717) is 6.04 Å². The molecule has 0 bridgehead atoms. The summed E-state index contributed by atoms with van der Waals surface area (Å²) >= 11 is 1.92. The van der Waals surface area contributed by atoms with E-state index in [1.165, 1.54) is 0 Å². The Labute approximate surface area is 130 Å². The maximum Gasteiger partial charge on any atom is 0.410 e. The van der Waals surface area contributed by atoms with E-state index < -0.39 is 5.60 Å². The highest BCUT2D eigenvalue weighted by Gasteiger charge is 2.28. The van der Waals surface area contributed by atoms with Gasteiger partial charge in [-0.25, -0.2) is 4.79 Å². The molecule has 6 heteroatoms. The molecule has 112 valence electrons. The fourth-order valence-electron chi connectivity index (χ4n) is 2.18. The fourth-order valence-corrected chi connectivity index (χ4v) is 2.37. The molecule has 19 heavy (non-hydrogen) atoms. The fraction of sp³-hybridized carbons (Fsp3) is 0.923. The van der Waals surface area contributed by atoms with Crippen LogP contribution in [0.4, 0.5) is 4.79 Å². The molecule has 1 amide bonds. The van der Waals surface area contributed by atoms with E-state index in [2.05, 4.69) is 11.9 Å². The first-order valence-corrected chi connectivity index (χ1v) is 7.63. The minimum Gasteiger partial charge on any atom is -0.444 e. The molecule has 5 nitrogen and oxygen atoms in total. The quantitative estimate of drug-likeness (QED) is 0.699. The van der Waals surface area contributed by atoms with Gasteiger partial charge in [0.15, 0.2) is 0 Å². The van der Waals surface area contributed by atoms with Crippen LogP contribution >= 0.6 is 23.0 Å². The van der Waals surface area contributed by atoms with Crippen molar-refractivity contribution < 1.29 is 12.6 Å². The second-order valence-corrected chi connectivity index (χ2v) is 6.62. The summed E-state index contributed by atoms with van der Waals surface area (Å²) in [6, 6.07) is 0.533. The number of hydrogen-bond donors (Lipinski definition) is 0. The standard InChI is InChI=1S/C13H25IN2O3/c1-13(2,3)19-12(17)16-7-5-11(6-8-16)15(4)9-10-18-14/h11H,5-10H2,1-4H3. The molecule has 1 heterocycles. The highest BCUT2D eigenvalue weighted by atomic mass is 127. The number of halogens is 1. The van der Waals surface area contributed by atoms with Gasteiger partial charge in [-0.05, 0) is 40.7 Å². The Bertz CT molecular complexity index is 286. The van der Waals surface area contributed by atoms with Crippen molar-refractivity contribution in [1.82, 2.24) is 9.80 Å². The minimum absolute atomic E-state index is 0.191. The number of ether oxygens (including phenoxy) is 1. The van der Waals surface area contributed by atoms with E-state index in [9.17, 15) is 4.79 Å². The van der Waals surface area contributed by atoms with Gasteiger partial charge in [0.25, 0.3) is 0 Å². The van der Waals surface area contributed by atoms with Gasteiger partial charge in [-0.15, -0.1) is 0 Å². The summed E-state index contributed by atoms with van der Waals surface area (Å²) in [5.74, 6) is 0. The van der Waals surface area contributed by atoms with Crippen LogP contribution in [0.25, 0.3) is 0 Å². The van der Waals surface area contributed by atoms with Crippen LogP contribution in [-0.4, -0.2) is 60.8 Å². The molecule has 0 aliphatic carbocycles. The molecule has 0 aromatic rings. The predicted molar refractivity (Wildman–Crippen MR) is 83.4 cm³/mol. The van der Waals surface area contributed by atoms with Gasteiger partial charge in [0.05, 0.1) is 6.61 Å². The van der Waals surface area contributed by atoms with Crippen LogP contribution in [-0.2, 0) is 7.80 Å². The van der Waals surface area contributed by atoms with E-state index in [0.717, 1.165) is 39.1 Å². The summed E-state index contributed by atoms with van der Waals surface area (Å²) in [4.78, 5) is 16.1. The highest BCUT2D eigenvalue weighted by Crippen LogP contribution is 2.18. The SMILES string of the molecule is CN(CCOI)C1CCN(C(=O)OC(C)(C)C)CC1. The first-order valence-electron chi connectivity index (χ1n) is 6.75. The molecule has 0 saturated carbocycles. The van der Waals surface area contributed by atoms with E-state index >= 15 is 0 Å². The number of carbonyl (C=O) groups is 1. The van der Waals surface area contributed by atoms with Crippen molar-refractivity contribution in [3.05, 3.63) is 0 Å². The average molecular weight is 384 g/mol. The molecule has 0 radical (unpaired) electrons. The van der Waals surface area contributed by atoms with Crippen LogP contribution in [0, 0.1) is 0 Å². The summed E-state index contributed by atoms with van der Waals surface area (Å²) < 4.78 is 10.5. The van der Waals surface area contributed by atoms with Gasteiger partial charge >= 0.3 is 6.09 Å². The lowest BCUT2D eigenvalue weighted by Gasteiger charge is -2.37. The predicted octanol–water partition coefficient (Wildman–Crippen LogP) is 2.68. The Morgan fingerprint density at radius 2 is 1.95 bits per heavy atom. The number of carbonyl (C=O) groups excluding carboxylic acids is 1. The molecule has 0 atom stereocenters.